The van der Waals surface area contributed by atoms with Gasteiger partial charge in [-0.05, 0) is 47.6 Å². The molecule has 2 aromatic carbocycles. The maximum absolute atomic E-state index is 12.8. The summed E-state index contributed by atoms with van der Waals surface area (Å²) in [5.74, 6) is 0.321. The Labute approximate surface area is 127 Å². The lowest BCUT2D eigenvalue weighted by Gasteiger charge is -2.12. The van der Waals surface area contributed by atoms with Crippen LogP contribution >= 0.6 is 0 Å². The number of rotatable bonds is 5. The van der Waals surface area contributed by atoms with E-state index >= 15 is 0 Å². The number of hydrogen-bond donors (Lipinski definition) is 1. The summed E-state index contributed by atoms with van der Waals surface area (Å²) in [5, 5.41) is 9.00. The summed E-state index contributed by atoms with van der Waals surface area (Å²) < 4.78 is 12.8. The van der Waals surface area contributed by atoms with Gasteiger partial charge in [-0.3, -0.25) is 0 Å². The van der Waals surface area contributed by atoms with E-state index < -0.39 is 0 Å². The summed E-state index contributed by atoms with van der Waals surface area (Å²) in [4.78, 5) is 0. The number of benzene rings is 2. The molecule has 2 rings (SSSR count). The number of hydrogen-bond acceptors (Lipinski definition) is 1. The number of halogens is 1. The van der Waals surface area contributed by atoms with Crippen LogP contribution in [-0.2, 0) is 19.4 Å². The third kappa shape index (κ3) is 6.09. The maximum Gasteiger partial charge on any atom is 0.123 e. The number of aliphatic hydroxyl groups excluding tert-OH is 1. The van der Waals surface area contributed by atoms with Crippen molar-refractivity contribution in [3.8, 4) is 0 Å². The van der Waals surface area contributed by atoms with Crippen LogP contribution in [-0.4, -0.2) is 5.11 Å². The van der Waals surface area contributed by atoms with Crippen LogP contribution in [0.2, 0.25) is 0 Å². The van der Waals surface area contributed by atoms with E-state index in [4.69, 9.17) is 5.11 Å². The molecule has 0 radical (unpaired) electrons. The van der Waals surface area contributed by atoms with Gasteiger partial charge in [-0.1, -0.05) is 57.2 Å². The molecule has 0 aliphatic heterocycles. The van der Waals surface area contributed by atoms with Crippen molar-refractivity contribution in [2.45, 2.75) is 40.2 Å². The summed E-state index contributed by atoms with van der Waals surface area (Å²) in [7, 11) is 0. The molecule has 2 heteroatoms. The Kier molecular flexibility index (Phi) is 7.70. The van der Waals surface area contributed by atoms with Crippen LogP contribution in [0, 0.1) is 11.7 Å². The molecular weight excluding hydrogens is 263 g/mol. The first-order valence-corrected chi connectivity index (χ1v) is 7.60. The summed E-state index contributed by atoms with van der Waals surface area (Å²) >= 11 is 0. The Morgan fingerprint density at radius 2 is 1.19 bits per heavy atom. The van der Waals surface area contributed by atoms with Crippen molar-refractivity contribution in [2.24, 2.45) is 5.92 Å². The second kappa shape index (κ2) is 9.30. The van der Waals surface area contributed by atoms with Gasteiger partial charge in [0.25, 0.3) is 0 Å². The summed E-state index contributed by atoms with van der Waals surface area (Å²) in [6.07, 6.45) is 1.94. The van der Waals surface area contributed by atoms with Crippen LogP contribution < -0.4 is 0 Å². The zero-order chi connectivity index (χ0) is 15.7. The minimum Gasteiger partial charge on any atom is -0.392 e. The SMILES string of the molecule is CC.CC(Cc1ccc(F)cc1)Cc1ccc(CO)cc1. The van der Waals surface area contributed by atoms with Gasteiger partial charge < -0.3 is 5.11 Å². The van der Waals surface area contributed by atoms with Gasteiger partial charge in [0.05, 0.1) is 6.61 Å². The zero-order valence-corrected chi connectivity index (χ0v) is 13.1. The van der Waals surface area contributed by atoms with E-state index in [1.54, 1.807) is 0 Å². The first-order valence-electron chi connectivity index (χ1n) is 7.60. The first-order chi connectivity index (χ1) is 10.2. The fourth-order valence-electron chi connectivity index (χ4n) is 2.28. The zero-order valence-electron chi connectivity index (χ0n) is 13.1. The topological polar surface area (TPSA) is 20.2 Å². The predicted molar refractivity (Wildman–Crippen MR) is 86.7 cm³/mol. The lowest BCUT2D eigenvalue weighted by Crippen LogP contribution is -2.04. The smallest absolute Gasteiger partial charge is 0.123 e. The largest absolute Gasteiger partial charge is 0.392 e. The highest BCUT2D eigenvalue weighted by molar-refractivity contribution is 5.23. The molecule has 1 nitrogen and oxygen atoms in total. The van der Waals surface area contributed by atoms with Gasteiger partial charge >= 0.3 is 0 Å². The highest BCUT2D eigenvalue weighted by Gasteiger charge is 2.05. The monoisotopic (exact) mass is 288 g/mol. The number of aliphatic hydroxyl groups is 1. The second-order valence-electron chi connectivity index (χ2n) is 5.11. The molecule has 1 atom stereocenters. The van der Waals surface area contributed by atoms with E-state index in [0.29, 0.717) is 5.92 Å². The molecular formula is C19H25FO. The molecule has 2 aromatic rings. The standard InChI is InChI=1S/C17H19FO.C2H6/c1-13(11-15-6-8-17(18)9-7-15)10-14-2-4-16(12-19)5-3-14;1-2/h2-9,13,19H,10-12H2,1H3;1-2H3. The lowest BCUT2D eigenvalue weighted by molar-refractivity contribution is 0.282. The van der Waals surface area contributed by atoms with E-state index in [9.17, 15) is 4.39 Å². The van der Waals surface area contributed by atoms with Gasteiger partial charge in [0.15, 0.2) is 0 Å². The first kappa shape index (κ1) is 17.4. The Balaban J connectivity index is 0.00000106. The normalized spacial score (nSPS) is 11.5. The van der Waals surface area contributed by atoms with Gasteiger partial charge in [-0.2, -0.15) is 0 Å². The van der Waals surface area contributed by atoms with Gasteiger partial charge in [0.2, 0.25) is 0 Å². The third-order valence-electron chi connectivity index (χ3n) is 3.29. The predicted octanol–water partition coefficient (Wildman–Crippen LogP) is 4.77. The summed E-state index contributed by atoms with van der Waals surface area (Å²) in [6.45, 7) is 6.29. The van der Waals surface area contributed by atoms with Crippen LogP contribution in [0.1, 0.15) is 37.5 Å². The molecule has 0 bridgehead atoms. The molecule has 0 heterocycles. The third-order valence-corrected chi connectivity index (χ3v) is 3.29. The Bertz CT molecular complexity index is 502. The lowest BCUT2D eigenvalue weighted by atomic mass is 9.94. The second-order valence-corrected chi connectivity index (χ2v) is 5.11. The van der Waals surface area contributed by atoms with Crippen molar-refractivity contribution in [3.05, 3.63) is 71.0 Å². The molecule has 0 fully saturated rings. The summed E-state index contributed by atoms with van der Waals surface area (Å²) in [5.41, 5.74) is 3.38. The van der Waals surface area contributed by atoms with Crippen molar-refractivity contribution < 1.29 is 9.50 Å². The molecule has 0 saturated heterocycles. The van der Waals surface area contributed by atoms with Crippen molar-refractivity contribution in [3.63, 3.8) is 0 Å². The van der Waals surface area contributed by atoms with Crippen LogP contribution in [0.3, 0.4) is 0 Å². The van der Waals surface area contributed by atoms with E-state index in [0.717, 1.165) is 18.4 Å². The molecule has 0 amide bonds. The Morgan fingerprint density at radius 1 is 0.810 bits per heavy atom. The molecule has 21 heavy (non-hydrogen) atoms. The minimum atomic E-state index is -0.184. The quantitative estimate of drug-likeness (QED) is 0.840. The van der Waals surface area contributed by atoms with E-state index in [2.05, 4.69) is 19.1 Å². The van der Waals surface area contributed by atoms with Gasteiger partial charge in [-0.25, -0.2) is 4.39 Å². The molecule has 0 aromatic heterocycles. The van der Waals surface area contributed by atoms with Crippen molar-refractivity contribution >= 4 is 0 Å². The molecule has 0 aliphatic carbocycles. The highest BCUT2D eigenvalue weighted by atomic mass is 19.1. The Hall–Kier alpha value is -1.67. The van der Waals surface area contributed by atoms with Gasteiger partial charge in [0.1, 0.15) is 5.82 Å². The van der Waals surface area contributed by atoms with Gasteiger partial charge in [-0.15, -0.1) is 0 Å². The summed E-state index contributed by atoms with van der Waals surface area (Å²) in [6, 6.07) is 14.8. The van der Waals surface area contributed by atoms with Crippen LogP contribution in [0.4, 0.5) is 4.39 Å². The van der Waals surface area contributed by atoms with Gasteiger partial charge in [0, 0.05) is 0 Å². The fourth-order valence-corrected chi connectivity index (χ4v) is 2.28. The Morgan fingerprint density at radius 3 is 1.62 bits per heavy atom. The van der Waals surface area contributed by atoms with E-state index in [-0.39, 0.29) is 12.4 Å². The van der Waals surface area contributed by atoms with Crippen molar-refractivity contribution in [1.29, 1.82) is 0 Å². The molecule has 0 aliphatic rings. The molecule has 1 N–H and O–H groups in total. The maximum atomic E-state index is 12.8. The fraction of sp³-hybridized carbons (Fsp3) is 0.368. The minimum absolute atomic E-state index is 0.0887. The average Bonchev–Trinajstić information content (AvgIpc) is 2.52. The molecule has 0 spiro atoms. The van der Waals surface area contributed by atoms with Crippen LogP contribution in [0.5, 0.6) is 0 Å². The highest BCUT2D eigenvalue weighted by Crippen LogP contribution is 2.15. The van der Waals surface area contributed by atoms with E-state index in [1.165, 1.54) is 23.3 Å². The van der Waals surface area contributed by atoms with Crippen LogP contribution in [0.25, 0.3) is 0 Å². The average molecular weight is 288 g/mol. The van der Waals surface area contributed by atoms with Crippen molar-refractivity contribution in [1.82, 2.24) is 0 Å². The molecule has 114 valence electrons. The van der Waals surface area contributed by atoms with E-state index in [1.807, 2.05) is 38.1 Å². The van der Waals surface area contributed by atoms with Crippen LogP contribution in [0.15, 0.2) is 48.5 Å². The molecule has 0 saturated carbocycles. The van der Waals surface area contributed by atoms with Crippen molar-refractivity contribution in [2.75, 3.05) is 0 Å². The molecule has 1 unspecified atom stereocenters.